The SMILES string of the molecule is CO[C@@H]1C[C@@H](CO)N(C(=O)COc2ccc(F)cc2Cl)C1. The van der Waals surface area contributed by atoms with E-state index in [0.717, 1.165) is 6.07 Å². The molecule has 1 amide bonds. The van der Waals surface area contributed by atoms with Gasteiger partial charge in [-0.25, -0.2) is 4.39 Å². The summed E-state index contributed by atoms with van der Waals surface area (Å²) in [5, 5.41) is 9.41. The number of nitrogens with zero attached hydrogens (tertiary/aromatic N) is 1. The second kappa shape index (κ2) is 7.06. The molecule has 1 fully saturated rings. The first kappa shape index (κ1) is 16.0. The Balaban J connectivity index is 1.95. The second-order valence-corrected chi connectivity index (χ2v) is 5.25. The van der Waals surface area contributed by atoms with E-state index in [9.17, 15) is 14.3 Å². The molecule has 1 N–H and O–H groups in total. The zero-order chi connectivity index (χ0) is 15.4. The molecule has 2 rings (SSSR count). The van der Waals surface area contributed by atoms with Crippen molar-refractivity contribution in [2.45, 2.75) is 18.6 Å². The Morgan fingerprint density at radius 3 is 2.95 bits per heavy atom. The molecular weight excluding hydrogens is 301 g/mol. The molecule has 1 aliphatic rings. The lowest BCUT2D eigenvalue weighted by Crippen LogP contribution is -2.40. The van der Waals surface area contributed by atoms with E-state index in [2.05, 4.69) is 0 Å². The Morgan fingerprint density at radius 1 is 1.57 bits per heavy atom. The molecule has 2 atom stereocenters. The summed E-state index contributed by atoms with van der Waals surface area (Å²) in [5.74, 6) is -0.495. The zero-order valence-corrected chi connectivity index (χ0v) is 12.3. The minimum Gasteiger partial charge on any atom is -0.482 e. The number of methoxy groups -OCH3 is 1. The Hall–Kier alpha value is -1.37. The summed E-state index contributed by atoms with van der Waals surface area (Å²) < 4.78 is 23.4. The number of hydrogen-bond acceptors (Lipinski definition) is 4. The normalized spacial score (nSPS) is 21.6. The van der Waals surface area contributed by atoms with E-state index >= 15 is 0 Å². The van der Waals surface area contributed by atoms with Gasteiger partial charge in [-0.1, -0.05) is 11.6 Å². The quantitative estimate of drug-likeness (QED) is 0.893. The fourth-order valence-corrected chi connectivity index (χ4v) is 2.56. The Labute approximate surface area is 127 Å². The molecular formula is C14H17ClFNO4. The van der Waals surface area contributed by atoms with E-state index in [4.69, 9.17) is 21.1 Å². The molecule has 0 unspecified atom stereocenters. The number of carbonyl (C=O) groups is 1. The van der Waals surface area contributed by atoms with Gasteiger partial charge in [-0.15, -0.1) is 0 Å². The van der Waals surface area contributed by atoms with Crippen LogP contribution in [0, 0.1) is 5.82 Å². The molecule has 116 valence electrons. The Morgan fingerprint density at radius 2 is 2.33 bits per heavy atom. The van der Waals surface area contributed by atoms with Crippen LogP contribution in [-0.4, -0.2) is 54.9 Å². The number of ether oxygens (including phenoxy) is 2. The van der Waals surface area contributed by atoms with Crippen LogP contribution in [0.15, 0.2) is 18.2 Å². The minimum absolute atomic E-state index is 0.0829. The zero-order valence-electron chi connectivity index (χ0n) is 11.6. The van der Waals surface area contributed by atoms with Crippen molar-refractivity contribution in [3.05, 3.63) is 29.0 Å². The van der Waals surface area contributed by atoms with Crippen molar-refractivity contribution in [2.24, 2.45) is 0 Å². The molecule has 5 nitrogen and oxygen atoms in total. The molecule has 0 aromatic heterocycles. The topological polar surface area (TPSA) is 59.0 Å². The highest BCUT2D eigenvalue weighted by molar-refractivity contribution is 6.32. The van der Waals surface area contributed by atoms with E-state index < -0.39 is 5.82 Å². The number of hydrogen-bond donors (Lipinski definition) is 1. The van der Waals surface area contributed by atoms with Gasteiger partial charge < -0.3 is 19.5 Å². The van der Waals surface area contributed by atoms with Crippen molar-refractivity contribution in [1.82, 2.24) is 4.90 Å². The van der Waals surface area contributed by atoms with Crippen LogP contribution in [0.25, 0.3) is 0 Å². The molecule has 1 aromatic rings. The van der Waals surface area contributed by atoms with Gasteiger partial charge in [0.25, 0.3) is 5.91 Å². The minimum atomic E-state index is -0.471. The summed E-state index contributed by atoms with van der Waals surface area (Å²) >= 11 is 5.82. The van der Waals surface area contributed by atoms with Crippen LogP contribution in [0.1, 0.15) is 6.42 Å². The number of rotatable bonds is 5. The molecule has 21 heavy (non-hydrogen) atoms. The van der Waals surface area contributed by atoms with Gasteiger partial charge in [-0.3, -0.25) is 4.79 Å². The lowest BCUT2D eigenvalue weighted by molar-refractivity contribution is -0.135. The van der Waals surface area contributed by atoms with Gasteiger partial charge >= 0.3 is 0 Å². The highest BCUT2D eigenvalue weighted by Crippen LogP contribution is 2.25. The van der Waals surface area contributed by atoms with Crippen LogP contribution in [0.2, 0.25) is 5.02 Å². The van der Waals surface area contributed by atoms with Crippen LogP contribution in [0.5, 0.6) is 5.75 Å². The molecule has 0 spiro atoms. The van der Waals surface area contributed by atoms with Crippen molar-refractivity contribution >= 4 is 17.5 Å². The van der Waals surface area contributed by atoms with Gasteiger partial charge in [0.2, 0.25) is 0 Å². The molecule has 1 saturated heterocycles. The molecule has 1 aliphatic heterocycles. The molecule has 0 bridgehead atoms. The monoisotopic (exact) mass is 317 g/mol. The van der Waals surface area contributed by atoms with Crippen molar-refractivity contribution in [3.8, 4) is 5.75 Å². The maximum atomic E-state index is 12.9. The molecule has 0 saturated carbocycles. The van der Waals surface area contributed by atoms with Crippen molar-refractivity contribution in [2.75, 3.05) is 26.9 Å². The van der Waals surface area contributed by atoms with Crippen LogP contribution in [-0.2, 0) is 9.53 Å². The number of halogens is 2. The molecule has 7 heteroatoms. The van der Waals surface area contributed by atoms with E-state index in [1.54, 1.807) is 7.11 Å². The van der Waals surface area contributed by atoms with Crippen LogP contribution in [0.4, 0.5) is 4.39 Å². The highest BCUT2D eigenvalue weighted by atomic mass is 35.5. The van der Waals surface area contributed by atoms with Crippen LogP contribution in [0.3, 0.4) is 0 Å². The molecule has 0 radical (unpaired) electrons. The molecule has 0 aliphatic carbocycles. The summed E-state index contributed by atoms with van der Waals surface area (Å²) in [7, 11) is 1.57. The van der Waals surface area contributed by atoms with Gasteiger partial charge in [0.05, 0.1) is 23.8 Å². The number of aliphatic hydroxyl groups is 1. The Kier molecular flexibility index (Phi) is 5.39. The maximum absolute atomic E-state index is 12.9. The Bertz CT molecular complexity index is 514. The summed E-state index contributed by atoms with van der Waals surface area (Å²) in [6.07, 6.45) is 0.510. The van der Waals surface area contributed by atoms with Gasteiger partial charge in [-0.05, 0) is 24.6 Å². The van der Waals surface area contributed by atoms with Crippen molar-refractivity contribution in [1.29, 1.82) is 0 Å². The number of carbonyl (C=O) groups excluding carboxylic acids is 1. The third-order valence-electron chi connectivity index (χ3n) is 3.49. The largest absolute Gasteiger partial charge is 0.482 e. The van der Waals surface area contributed by atoms with Gasteiger partial charge in [-0.2, -0.15) is 0 Å². The van der Waals surface area contributed by atoms with E-state index in [1.807, 2.05) is 0 Å². The van der Waals surface area contributed by atoms with Crippen LogP contribution < -0.4 is 4.74 Å². The summed E-state index contributed by atoms with van der Waals surface area (Å²) in [6.45, 7) is 0.0717. The predicted octanol–water partition coefficient (Wildman–Crippen LogP) is 1.47. The third-order valence-corrected chi connectivity index (χ3v) is 3.78. The van der Waals surface area contributed by atoms with Gasteiger partial charge in [0.1, 0.15) is 11.6 Å². The fourth-order valence-electron chi connectivity index (χ4n) is 2.34. The van der Waals surface area contributed by atoms with Crippen LogP contribution >= 0.6 is 11.6 Å². The number of amides is 1. The van der Waals surface area contributed by atoms with Crippen molar-refractivity contribution in [3.63, 3.8) is 0 Å². The smallest absolute Gasteiger partial charge is 0.260 e. The lowest BCUT2D eigenvalue weighted by atomic mass is 10.2. The maximum Gasteiger partial charge on any atom is 0.260 e. The standard InChI is InChI=1S/C14H17ClFNO4/c1-20-11-5-10(7-18)17(6-11)14(19)8-21-13-3-2-9(16)4-12(13)15/h2-4,10-11,18H,5-8H2,1H3/t10-,11+/m0/s1. The third kappa shape index (κ3) is 3.84. The van der Waals surface area contributed by atoms with E-state index in [-0.39, 0.29) is 42.0 Å². The second-order valence-electron chi connectivity index (χ2n) is 4.84. The van der Waals surface area contributed by atoms with E-state index in [1.165, 1.54) is 17.0 Å². The molecule has 1 heterocycles. The molecule has 1 aromatic carbocycles. The number of likely N-dealkylation sites (tertiary alicyclic amines) is 1. The summed E-state index contributed by atoms with van der Waals surface area (Å²) in [5.41, 5.74) is 0. The number of benzene rings is 1. The highest BCUT2D eigenvalue weighted by Gasteiger charge is 2.34. The fraction of sp³-hybridized carbons (Fsp3) is 0.500. The summed E-state index contributed by atoms with van der Waals surface area (Å²) in [4.78, 5) is 13.7. The number of aliphatic hydroxyl groups excluding tert-OH is 1. The summed E-state index contributed by atoms with van der Waals surface area (Å²) in [6, 6.07) is 3.43. The van der Waals surface area contributed by atoms with Crippen molar-refractivity contribution < 1.29 is 23.8 Å². The van der Waals surface area contributed by atoms with Gasteiger partial charge in [0, 0.05) is 13.7 Å². The lowest BCUT2D eigenvalue weighted by Gasteiger charge is -2.22. The average Bonchev–Trinajstić information content (AvgIpc) is 2.89. The van der Waals surface area contributed by atoms with Gasteiger partial charge in [0.15, 0.2) is 6.61 Å². The first-order valence-corrected chi connectivity index (χ1v) is 6.94. The first-order valence-electron chi connectivity index (χ1n) is 6.56. The van der Waals surface area contributed by atoms with E-state index in [0.29, 0.717) is 13.0 Å². The average molecular weight is 318 g/mol. The first-order chi connectivity index (χ1) is 10.0. The predicted molar refractivity (Wildman–Crippen MR) is 74.9 cm³/mol.